The van der Waals surface area contributed by atoms with Crippen LogP contribution in [-0.4, -0.2) is 38.1 Å². The maximum absolute atomic E-state index is 11.8. The second kappa shape index (κ2) is 10.7. The molecule has 0 bridgehead atoms. The fourth-order valence-electron chi connectivity index (χ4n) is 1.83. The lowest BCUT2D eigenvalue weighted by Crippen LogP contribution is -2.19. The highest BCUT2D eigenvalue weighted by atomic mass is 32.2. The Kier molecular flexibility index (Phi) is 9.14. The van der Waals surface area contributed by atoms with Gasteiger partial charge in [0.25, 0.3) is 0 Å². The van der Waals surface area contributed by atoms with E-state index >= 15 is 0 Å². The Balaban J connectivity index is 2.56. The van der Waals surface area contributed by atoms with Gasteiger partial charge in [-0.25, -0.2) is 0 Å². The SMILES string of the molecule is CCOC(=O)C(CC)Sc1cccc(CNCCOC)c1. The quantitative estimate of drug-likeness (QED) is 0.409. The normalized spacial score (nSPS) is 12.1. The lowest BCUT2D eigenvalue weighted by Gasteiger charge is -2.14. The maximum Gasteiger partial charge on any atom is 0.319 e. The Morgan fingerprint density at radius 2 is 2.19 bits per heavy atom. The topological polar surface area (TPSA) is 47.6 Å². The monoisotopic (exact) mass is 311 g/mol. The molecule has 0 heterocycles. The minimum atomic E-state index is -0.137. The third-order valence-corrected chi connectivity index (χ3v) is 4.25. The molecular formula is C16H25NO3S. The van der Waals surface area contributed by atoms with Gasteiger partial charge in [0.15, 0.2) is 0 Å². The number of nitrogens with one attached hydrogen (secondary N) is 1. The molecule has 0 saturated carbocycles. The van der Waals surface area contributed by atoms with E-state index in [2.05, 4.69) is 17.4 Å². The first-order valence-electron chi connectivity index (χ1n) is 7.33. The Labute approximate surface area is 131 Å². The van der Waals surface area contributed by atoms with Gasteiger partial charge in [0.05, 0.1) is 13.2 Å². The molecule has 0 aromatic heterocycles. The largest absolute Gasteiger partial charge is 0.465 e. The van der Waals surface area contributed by atoms with Gasteiger partial charge in [0.1, 0.15) is 5.25 Å². The first kappa shape index (κ1) is 18.0. The second-order valence-electron chi connectivity index (χ2n) is 4.58. The fraction of sp³-hybridized carbons (Fsp3) is 0.562. The van der Waals surface area contributed by atoms with Crippen molar-refractivity contribution in [3.05, 3.63) is 29.8 Å². The highest BCUT2D eigenvalue weighted by molar-refractivity contribution is 8.00. The van der Waals surface area contributed by atoms with Crippen LogP contribution in [0.2, 0.25) is 0 Å². The van der Waals surface area contributed by atoms with E-state index in [0.717, 1.165) is 24.4 Å². The molecule has 0 spiro atoms. The molecule has 1 atom stereocenters. The molecule has 0 aliphatic rings. The lowest BCUT2D eigenvalue weighted by molar-refractivity contribution is -0.142. The van der Waals surface area contributed by atoms with Crippen molar-refractivity contribution < 1.29 is 14.3 Å². The summed E-state index contributed by atoms with van der Waals surface area (Å²) >= 11 is 1.57. The van der Waals surface area contributed by atoms with Gasteiger partial charge >= 0.3 is 5.97 Å². The highest BCUT2D eigenvalue weighted by Gasteiger charge is 2.18. The zero-order chi connectivity index (χ0) is 15.5. The molecule has 5 heteroatoms. The van der Waals surface area contributed by atoms with Crippen molar-refractivity contribution in [3.8, 4) is 0 Å². The number of thioether (sulfide) groups is 1. The van der Waals surface area contributed by atoms with Gasteiger partial charge in [-0.1, -0.05) is 19.1 Å². The van der Waals surface area contributed by atoms with E-state index in [4.69, 9.17) is 9.47 Å². The van der Waals surface area contributed by atoms with Crippen LogP contribution in [-0.2, 0) is 20.8 Å². The number of benzene rings is 1. The summed E-state index contributed by atoms with van der Waals surface area (Å²) in [6.07, 6.45) is 0.764. The molecule has 21 heavy (non-hydrogen) atoms. The van der Waals surface area contributed by atoms with Crippen molar-refractivity contribution in [2.24, 2.45) is 0 Å². The summed E-state index contributed by atoms with van der Waals surface area (Å²) in [7, 11) is 1.69. The molecule has 0 aliphatic heterocycles. The average molecular weight is 311 g/mol. The zero-order valence-corrected chi connectivity index (χ0v) is 13.9. The van der Waals surface area contributed by atoms with E-state index in [1.54, 1.807) is 18.9 Å². The van der Waals surface area contributed by atoms with Gasteiger partial charge in [-0.2, -0.15) is 0 Å². The zero-order valence-electron chi connectivity index (χ0n) is 13.1. The number of rotatable bonds is 10. The number of hydrogen-bond donors (Lipinski definition) is 1. The molecule has 0 amide bonds. The molecule has 1 N–H and O–H groups in total. The van der Waals surface area contributed by atoms with Crippen LogP contribution in [0, 0.1) is 0 Å². The molecule has 1 rings (SSSR count). The van der Waals surface area contributed by atoms with Crippen LogP contribution in [0.4, 0.5) is 0 Å². The van der Waals surface area contributed by atoms with Crippen LogP contribution in [0.25, 0.3) is 0 Å². The van der Waals surface area contributed by atoms with Crippen LogP contribution in [0.5, 0.6) is 0 Å². The third-order valence-electron chi connectivity index (χ3n) is 2.91. The van der Waals surface area contributed by atoms with Gasteiger partial charge in [-0.15, -0.1) is 11.8 Å². The highest BCUT2D eigenvalue weighted by Crippen LogP contribution is 2.27. The van der Waals surface area contributed by atoms with Gasteiger partial charge in [0, 0.05) is 25.1 Å². The van der Waals surface area contributed by atoms with Crippen molar-refractivity contribution in [3.63, 3.8) is 0 Å². The number of esters is 1. The number of carbonyl (C=O) groups excluding carboxylic acids is 1. The van der Waals surface area contributed by atoms with E-state index in [-0.39, 0.29) is 11.2 Å². The van der Waals surface area contributed by atoms with Gasteiger partial charge in [-0.05, 0) is 31.0 Å². The minimum absolute atomic E-state index is 0.131. The van der Waals surface area contributed by atoms with E-state index in [0.29, 0.717) is 13.2 Å². The van der Waals surface area contributed by atoms with Crippen LogP contribution >= 0.6 is 11.8 Å². The summed E-state index contributed by atoms with van der Waals surface area (Å²) in [4.78, 5) is 12.9. The Bertz CT molecular complexity index is 426. The summed E-state index contributed by atoms with van der Waals surface area (Å²) in [6.45, 7) is 6.60. The Morgan fingerprint density at radius 1 is 1.38 bits per heavy atom. The van der Waals surface area contributed by atoms with Crippen LogP contribution in [0.3, 0.4) is 0 Å². The van der Waals surface area contributed by atoms with E-state index in [9.17, 15) is 4.79 Å². The van der Waals surface area contributed by atoms with Crippen molar-refractivity contribution in [2.75, 3.05) is 26.9 Å². The summed E-state index contributed by atoms with van der Waals surface area (Å²) in [5.74, 6) is -0.131. The molecule has 118 valence electrons. The van der Waals surface area contributed by atoms with Gasteiger partial charge < -0.3 is 14.8 Å². The summed E-state index contributed by atoms with van der Waals surface area (Å²) in [5, 5.41) is 3.18. The second-order valence-corrected chi connectivity index (χ2v) is 5.86. The first-order valence-corrected chi connectivity index (χ1v) is 8.21. The smallest absolute Gasteiger partial charge is 0.319 e. The average Bonchev–Trinajstić information content (AvgIpc) is 2.50. The molecule has 0 fully saturated rings. The maximum atomic E-state index is 11.8. The molecule has 0 saturated heterocycles. The summed E-state index contributed by atoms with van der Waals surface area (Å²) < 4.78 is 10.1. The Morgan fingerprint density at radius 3 is 2.86 bits per heavy atom. The number of methoxy groups -OCH3 is 1. The molecule has 1 aromatic carbocycles. The van der Waals surface area contributed by atoms with E-state index in [1.807, 2.05) is 26.0 Å². The number of hydrogen-bond acceptors (Lipinski definition) is 5. The predicted molar refractivity (Wildman–Crippen MR) is 86.6 cm³/mol. The van der Waals surface area contributed by atoms with Crippen molar-refractivity contribution in [1.29, 1.82) is 0 Å². The lowest BCUT2D eigenvalue weighted by atomic mass is 10.2. The van der Waals surface area contributed by atoms with Crippen molar-refractivity contribution in [1.82, 2.24) is 5.32 Å². The molecule has 0 aliphatic carbocycles. The van der Waals surface area contributed by atoms with Crippen molar-refractivity contribution in [2.45, 2.75) is 37.0 Å². The predicted octanol–water partition coefficient (Wildman–Crippen LogP) is 2.86. The van der Waals surface area contributed by atoms with Crippen LogP contribution in [0.1, 0.15) is 25.8 Å². The standard InChI is InChI=1S/C16H25NO3S/c1-4-15(16(18)20-5-2)21-14-8-6-7-13(11-14)12-17-9-10-19-3/h6-8,11,15,17H,4-5,9-10,12H2,1-3H3. The number of carbonyl (C=O) groups is 1. The fourth-order valence-corrected chi connectivity index (χ4v) is 2.87. The van der Waals surface area contributed by atoms with Gasteiger partial charge in [0.2, 0.25) is 0 Å². The molecule has 1 unspecified atom stereocenters. The minimum Gasteiger partial charge on any atom is -0.465 e. The summed E-state index contributed by atoms with van der Waals surface area (Å²) in [6, 6.07) is 8.25. The molecule has 4 nitrogen and oxygen atoms in total. The summed E-state index contributed by atoms with van der Waals surface area (Å²) in [5.41, 5.74) is 1.20. The van der Waals surface area contributed by atoms with E-state index in [1.165, 1.54) is 5.56 Å². The van der Waals surface area contributed by atoms with E-state index < -0.39 is 0 Å². The van der Waals surface area contributed by atoms with Gasteiger partial charge in [-0.3, -0.25) is 4.79 Å². The number of ether oxygens (including phenoxy) is 2. The third kappa shape index (κ3) is 6.98. The molecule has 0 radical (unpaired) electrons. The first-order chi connectivity index (χ1) is 10.2. The molecular weight excluding hydrogens is 286 g/mol. The molecule has 1 aromatic rings. The Hall–Kier alpha value is -1.04. The van der Waals surface area contributed by atoms with Crippen LogP contribution < -0.4 is 5.32 Å². The van der Waals surface area contributed by atoms with Crippen molar-refractivity contribution >= 4 is 17.7 Å². The van der Waals surface area contributed by atoms with Crippen LogP contribution in [0.15, 0.2) is 29.2 Å².